The average molecular weight is 751 g/mol. The van der Waals surface area contributed by atoms with Crippen molar-refractivity contribution in [2.24, 2.45) is 0 Å². The molecular weight excluding hydrogens is 701 g/mol. The minimum absolute atomic E-state index is 0.0654. The molecule has 3 nitrogen and oxygen atoms in total. The Labute approximate surface area is 335 Å². The van der Waals surface area contributed by atoms with Crippen molar-refractivity contribution >= 4 is 32.5 Å². The number of phenols is 1. The molecule has 0 fully saturated rings. The lowest BCUT2D eigenvalue weighted by Gasteiger charge is -2.19. The number of rotatable bonds is 5. The van der Waals surface area contributed by atoms with Crippen molar-refractivity contribution in [1.29, 1.82) is 0 Å². The fourth-order valence-electron chi connectivity index (χ4n) is 8.11. The Morgan fingerprint density at radius 2 is 1.14 bits per heavy atom. The highest BCUT2D eigenvalue weighted by Gasteiger charge is 2.21. The molecule has 6 aromatic carbocycles. The Balaban J connectivity index is 1.35. The van der Waals surface area contributed by atoms with Crippen LogP contribution in [-0.4, -0.2) is 15.1 Å². The molecule has 0 atom stereocenters. The Bertz CT molecular complexity index is 2790. The van der Waals surface area contributed by atoms with E-state index >= 15 is 0 Å². The van der Waals surface area contributed by atoms with E-state index in [-0.39, 0.29) is 16.6 Å². The molecule has 0 radical (unpaired) electrons. The number of fused-ring (bicyclic) bond motifs is 2. The van der Waals surface area contributed by atoms with Crippen LogP contribution in [0.4, 0.5) is 0 Å². The van der Waals surface area contributed by atoms with Gasteiger partial charge in [0.05, 0.1) is 21.3 Å². The van der Waals surface area contributed by atoms with Gasteiger partial charge in [-0.1, -0.05) is 108 Å². The van der Waals surface area contributed by atoms with Crippen molar-refractivity contribution in [1.82, 2.24) is 9.97 Å². The lowest BCUT2D eigenvalue weighted by atomic mass is 9.86. The number of benzene rings is 6. The van der Waals surface area contributed by atoms with Gasteiger partial charge in [-0.05, 0) is 148 Å². The minimum atomic E-state index is -0.0666. The van der Waals surface area contributed by atoms with Crippen LogP contribution < -0.4 is 0 Å². The molecule has 0 saturated carbocycles. The molecule has 280 valence electrons. The van der Waals surface area contributed by atoms with Crippen LogP contribution in [0.5, 0.6) is 5.75 Å². The summed E-state index contributed by atoms with van der Waals surface area (Å²) in [4.78, 5) is 10.3. The number of pyridine rings is 1. The van der Waals surface area contributed by atoms with E-state index in [2.05, 4.69) is 166 Å². The monoisotopic (exact) mass is 750 g/mol. The second kappa shape index (κ2) is 13.9. The van der Waals surface area contributed by atoms with Crippen LogP contribution in [0.15, 0.2) is 115 Å². The van der Waals surface area contributed by atoms with E-state index in [0.29, 0.717) is 0 Å². The van der Waals surface area contributed by atoms with Gasteiger partial charge < -0.3 is 5.11 Å². The molecule has 2 aromatic heterocycles. The van der Waals surface area contributed by atoms with Gasteiger partial charge in [-0.3, -0.25) is 4.98 Å². The summed E-state index contributed by atoms with van der Waals surface area (Å²) in [6.07, 6.45) is 1.92. The maximum absolute atomic E-state index is 11.2. The van der Waals surface area contributed by atoms with Crippen LogP contribution in [0.2, 0.25) is 0 Å². The fraction of sp³-hybridized carbons (Fsp3) is 0.231. The van der Waals surface area contributed by atoms with Gasteiger partial charge in [0.25, 0.3) is 0 Å². The topological polar surface area (TPSA) is 46.0 Å². The SMILES string of the molecule is Cc1cc(C)c(-c2cc(-c3cccc(-c4cc(-c5ccc(C(C)(C)C)cc5)cc5sc(-c6cc(C(C)(C)C)ccc6O)nc45)c3)c3nccc(C)c3c2)c(C)c1. The summed E-state index contributed by atoms with van der Waals surface area (Å²) >= 11 is 1.64. The first-order chi connectivity index (χ1) is 26.5. The fourth-order valence-corrected chi connectivity index (χ4v) is 9.17. The van der Waals surface area contributed by atoms with Crippen molar-refractivity contribution < 1.29 is 5.11 Å². The van der Waals surface area contributed by atoms with E-state index in [9.17, 15) is 5.11 Å². The molecule has 4 heteroatoms. The third-order valence-corrected chi connectivity index (χ3v) is 12.2. The quantitative estimate of drug-likeness (QED) is 0.191. The van der Waals surface area contributed by atoms with Crippen molar-refractivity contribution in [2.75, 3.05) is 0 Å². The van der Waals surface area contributed by atoms with Crippen LogP contribution in [0.25, 0.3) is 76.2 Å². The van der Waals surface area contributed by atoms with Gasteiger partial charge in [0.2, 0.25) is 0 Å². The van der Waals surface area contributed by atoms with Gasteiger partial charge in [0, 0.05) is 22.7 Å². The second-order valence-electron chi connectivity index (χ2n) is 17.6. The first-order valence-electron chi connectivity index (χ1n) is 19.5. The molecule has 0 amide bonds. The summed E-state index contributed by atoms with van der Waals surface area (Å²) < 4.78 is 1.08. The molecular formula is C52H50N2OS. The second-order valence-corrected chi connectivity index (χ2v) is 18.6. The molecule has 1 N–H and O–H groups in total. The molecule has 0 saturated heterocycles. The zero-order valence-electron chi connectivity index (χ0n) is 34.2. The average Bonchev–Trinajstić information content (AvgIpc) is 3.58. The largest absolute Gasteiger partial charge is 0.507 e. The summed E-state index contributed by atoms with van der Waals surface area (Å²) in [5, 5.41) is 13.1. The molecule has 0 bridgehead atoms. The summed E-state index contributed by atoms with van der Waals surface area (Å²) in [6, 6.07) is 39.6. The molecule has 56 heavy (non-hydrogen) atoms. The van der Waals surface area contributed by atoms with Gasteiger partial charge in [0.1, 0.15) is 10.8 Å². The van der Waals surface area contributed by atoms with Gasteiger partial charge >= 0.3 is 0 Å². The number of phenolic OH excluding ortho intramolecular Hbond substituents is 1. The molecule has 8 rings (SSSR count). The molecule has 8 aromatic rings. The van der Waals surface area contributed by atoms with E-state index in [1.54, 1.807) is 11.3 Å². The third kappa shape index (κ3) is 6.92. The zero-order valence-corrected chi connectivity index (χ0v) is 35.0. The van der Waals surface area contributed by atoms with E-state index in [1.807, 2.05) is 18.3 Å². The normalized spacial score (nSPS) is 12.2. The summed E-state index contributed by atoms with van der Waals surface area (Å²) in [7, 11) is 0. The maximum atomic E-state index is 11.2. The van der Waals surface area contributed by atoms with Crippen LogP contribution in [0.3, 0.4) is 0 Å². The lowest BCUT2D eigenvalue weighted by molar-refractivity contribution is 0.476. The van der Waals surface area contributed by atoms with Crippen LogP contribution >= 0.6 is 11.3 Å². The van der Waals surface area contributed by atoms with Gasteiger partial charge in [-0.15, -0.1) is 11.3 Å². The van der Waals surface area contributed by atoms with Gasteiger partial charge in [0.15, 0.2) is 0 Å². The molecule has 0 spiro atoms. The maximum Gasteiger partial charge on any atom is 0.128 e. The number of aromatic hydroxyl groups is 1. The molecule has 0 aliphatic heterocycles. The van der Waals surface area contributed by atoms with E-state index in [1.165, 1.54) is 38.9 Å². The van der Waals surface area contributed by atoms with E-state index in [4.69, 9.17) is 9.97 Å². The van der Waals surface area contributed by atoms with Gasteiger partial charge in [-0.2, -0.15) is 0 Å². The summed E-state index contributed by atoms with van der Waals surface area (Å²) in [5.41, 5.74) is 19.3. The van der Waals surface area contributed by atoms with Crippen molar-refractivity contribution in [3.05, 3.63) is 149 Å². The first-order valence-corrected chi connectivity index (χ1v) is 20.3. The minimum Gasteiger partial charge on any atom is -0.507 e. The lowest BCUT2D eigenvalue weighted by Crippen LogP contribution is -2.10. The highest BCUT2D eigenvalue weighted by Crippen LogP contribution is 2.44. The Kier molecular flexibility index (Phi) is 9.25. The van der Waals surface area contributed by atoms with Crippen molar-refractivity contribution in [3.8, 4) is 60.8 Å². The van der Waals surface area contributed by atoms with Crippen molar-refractivity contribution in [2.45, 2.75) is 80.1 Å². The molecule has 0 aliphatic carbocycles. The summed E-state index contributed by atoms with van der Waals surface area (Å²) in [5.74, 6) is 0.243. The number of aromatic nitrogens is 2. The third-order valence-electron chi connectivity index (χ3n) is 11.2. The Morgan fingerprint density at radius 1 is 0.518 bits per heavy atom. The Morgan fingerprint density at radius 3 is 1.80 bits per heavy atom. The predicted octanol–water partition coefficient (Wildman–Crippen LogP) is 14.7. The Hall–Kier alpha value is -5.58. The number of thiazole rings is 1. The zero-order chi connectivity index (χ0) is 39.7. The first kappa shape index (κ1) is 37.3. The smallest absolute Gasteiger partial charge is 0.128 e. The van der Waals surface area contributed by atoms with Crippen molar-refractivity contribution in [3.63, 3.8) is 0 Å². The number of nitrogens with zero attached hydrogens (tertiary/aromatic N) is 2. The molecule has 2 heterocycles. The van der Waals surface area contributed by atoms with E-state index < -0.39 is 0 Å². The van der Waals surface area contributed by atoms with Crippen LogP contribution in [-0.2, 0) is 10.8 Å². The standard InChI is InChI=1S/C52H50N2OS/c1-30-22-32(3)47(33(4)23-30)38-26-41-31(2)20-21-53-48(41)42(27-38)35-12-11-13-36(24-35)43-25-37(34-14-16-39(17-15-34)51(5,6)7)28-46-49(43)54-50(56-46)44-29-40(52(8,9)10)18-19-45(44)55/h11-29,55H,1-10H3. The number of aryl methyl sites for hydroxylation is 4. The number of hydrogen-bond acceptors (Lipinski definition) is 4. The van der Waals surface area contributed by atoms with Gasteiger partial charge in [-0.25, -0.2) is 4.98 Å². The molecule has 0 unspecified atom stereocenters. The highest BCUT2D eigenvalue weighted by molar-refractivity contribution is 7.21. The van der Waals surface area contributed by atoms with Crippen LogP contribution in [0.1, 0.15) is 74.9 Å². The van der Waals surface area contributed by atoms with Crippen LogP contribution in [0, 0.1) is 27.7 Å². The predicted molar refractivity (Wildman–Crippen MR) is 240 cm³/mol. The number of hydrogen-bond donors (Lipinski definition) is 1. The highest BCUT2D eigenvalue weighted by atomic mass is 32.1. The summed E-state index contributed by atoms with van der Waals surface area (Å²) in [6.45, 7) is 22.1. The van der Waals surface area contributed by atoms with E-state index in [0.717, 1.165) is 70.6 Å². The molecule has 0 aliphatic rings.